The van der Waals surface area contributed by atoms with Crippen LogP contribution in [0, 0.1) is 17.8 Å². The Morgan fingerprint density at radius 1 is 1.00 bits per heavy atom. The minimum atomic E-state index is -0.240. The molecule has 0 radical (unpaired) electrons. The van der Waals surface area contributed by atoms with Gasteiger partial charge in [0, 0.05) is 11.8 Å². The topological polar surface area (TPSA) is 58.6 Å². The van der Waals surface area contributed by atoms with Crippen LogP contribution in [0.4, 0.5) is 5.69 Å². The Labute approximate surface area is 165 Å². The quantitative estimate of drug-likeness (QED) is 0.781. The van der Waals surface area contributed by atoms with Crippen molar-refractivity contribution in [2.24, 2.45) is 17.8 Å². The second kappa shape index (κ2) is 6.84. The van der Waals surface area contributed by atoms with Crippen molar-refractivity contribution < 1.29 is 14.6 Å². The Bertz CT molecular complexity index is 838. The fourth-order valence-electron chi connectivity index (χ4n) is 6.30. The first kappa shape index (κ1) is 17.6. The molecule has 0 heterocycles. The van der Waals surface area contributed by atoms with E-state index in [4.69, 9.17) is 4.74 Å². The number of ether oxygens (including phenoxy) is 1. The molecule has 1 amide bonds. The first-order valence-electron chi connectivity index (χ1n) is 10.4. The largest absolute Gasteiger partial charge is 0.508 e. The number of hydrogen-bond donors (Lipinski definition) is 2. The molecular weight excluding hydrogens is 350 g/mol. The smallest absolute Gasteiger partial charge is 0.262 e. The minimum Gasteiger partial charge on any atom is -0.508 e. The SMILES string of the molecule is O=C(COc1ccc(C23CC4CC(CC(C4)C2)C3)cc1)Nc1cccc(O)c1. The second-order valence-corrected chi connectivity index (χ2v) is 9.11. The van der Waals surface area contributed by atoms with E-state index in [0.29, 0.717) is 11.1 Å². The van der Waals surface area contributed by atoms with Crippen LogP contribution < -0.4 is 10.1 Å². The molecule has 4 aliphatic carbocycles. The summed E-state index contributed by atoms with van der Waals surface area (Å²) in [6.45, 7) is -0.0492. The Morgan fingerprint density at radius 2 is 1.64 bits per heavy atom. The molecule has 146 valence electrons. The summed E-state index contributed by atoms with van der Waals surface area (Å²) in [5.41, 5.74) is 2.41. The van der Waals surface area contributed by atoms with E-state index in [1.54, 1.807) is 18.2 Å². The van der Waals surface area contributed by atoms with Crippen LogP contribution >= 0.6 is 0 Å². The van der Waals surface area contributed by atoms with Gasteiger partial charge in [-0.15, -0.1) is 0 Å². The van der Waals surface area contributed by atoms with Gasteiger partial charge < -0.3 is 15.2 Å². The van der Waals surface area contributed by atoms with Gasteiger partial charge >= 0.3 is 0 Å². The minimum absolute atomic E-state index is 0.0492. The summed E-state index contributed by atoms with van der Waals surface area (Å²) in [6, 6.07) is 15.0. The van der Waals surface area contributed by atoms with Crippen molar-refractivity contribution >= 4 is 11.6 Å². The third-order valence-electron chi connectivity index (χ3n) is 7.00. The Hall–Kier alpha value is -2.49. The van der Waals surface area contributed by atoms with Crippen LogP contribution in [0.15, 0.2) is 48.5 Å². The molecular formula is C24H27NO3. The molecule has 0 aromatic heterocycles. The number of phenols is 1. The lowest BCUT2D eigenvalue weighted by Crippen LogP contribution is -2.48. The summed E-state index contributed by atoms with van der Waals surface area (Å²) in [5, 5.41) is 12.2. The summed E-state index contributed by atoms with van der Waals surface area (Å²) in [6.07, 6.45) is 8.42. The van der Waals surface area contributed by atoms with Gasteiger partial charge in [0.2, 0.25) is 0 Å². The molecule has 2 N–H and O–H groups in total. The van der Waals surface area contributed by atoms with E-state index in [-0.39, 0.29) is 18.3 Å². The highest BCUT2D eigenvalue weighted by Crippen LogP contribution is 2.60. The Balaban J connectivity index is 1.21. The number of nitrogens with one attached hydrogen (secondary N) is 1. The molecule has 4 fully saturated rings. The van der Waals surface area contributed by atoms with Crippen LogP contribution in [0.25, 0.3) is 0 Å². The number of hydrogen-bond acceptors (Lipinski definition) is 3. The van der Waals surface area contributed by atoms with E-state index in [2.05, 4.69) is 17.4 Å². The maximum absolute atomic E-state index is 12.1. The third kappa shape index (κ3) is 3.36. The molecule has 4 bridgehead atoms. The number of carbonyl (C=O) groups is 1. The number of anilines is 1. The molecule has 4 aliphatic rings. The fraction of sp³-hybridized carbons (Fsp3) is 0.458. The van der Waals surface area contributed by atoms with Crippen molar-refractivity contribution in [1.29, 1.82) is 0 Å². The summed E-state index contributed by atoms with van der Waals surface area (Å²) < 4.78 is 5.67. The lowest BCUT2D eigenvalue weighted by molar-refractivity contribution is -0.118. The second-order valence-electron chi connectivity index (χ2n) is 9.11. The van der Waals surface area contributed by atoms with Crippen molar-refractivity contribution in [3.63, 3.8) is 0 Å². The average molecular weight is 377 g/mol. The zero-order chi connectivity index (χ0) is 19.1. The molecule has 4 nitrogen and oxygen atoms in total. The van der Waals surface area contributed by atoms with Crippen molar-refractivity contribution in [2.45, 2.75) is 43.9 Å². The fourth-order valence-corrected chi connectivity index (χ4v) is 6.30. The molecule has 0 aliphatic heterocycles. The van der Waals surface area contributed by atoms with E-state index in [1.165, 1.54) is 50.2 Å². The zero-order valence-electron chi connectivity index (χ0n) is 16.1. The van der Waals surface area contributed by atoms with Gasteiger partial charge in [-0.25, -0.2) is 0 Å². The molecule has 2 aromatic rings. The van der Waals surface area contributed by atoms with E-state index in [9.17, 15) is 9.90 Å². The standard InChI is InChI=1S/C24H27NO3/c26-21-3-1-2-20(11-21)25-23(27)15-28-22-6-4-19(5-7-22)24-12-16-8-17(13-24)10-18(9-16)14-24/h1-7,11,16-18,26H,8-10,12-15H2,(H,25,27). The zero-order valence-corrected chi connectivity index (χ0v) is 16.1. The van der Waals surface area contributed by atoms with E-state index < -0.39 is 0 Å². The monoisotopic (exact) mass is 377 g/mol. The van der Waals surface area contributed by atoms with Gasteiger partial charge in [0.15, 0.2) is 6.61 Å². The van der Waals surface area contributed by atoms with E-state index >= 15 is 0 Å². The Morgan fingerprint density at radius 3 is 2.25 bits per heavy atom. The van der Waals surface area contributed by atoms with Crippen molar-refractivity contribution in [2.75, 3.05) is 11.9 Å². The van der Waals surface area contributed by atoms with Gasteiger partial charge in [0.05, 0.1) is 0 Å². The summed E-state index contributed by atoms with van der Waals surface area (Å²) in [5.74, 6) is 3.41. The van der Waals surface area contributed by atoms with Crippen molar-refractivity contribution in [3.8, 4) is 11.5 Å². The maximum atomic E-state index is 12.1. The van der Waals surface area contributed by atoms with Gasteiger partial charge in [-0.1, -0.05) is 18.2 Å². The average Bonchev–Trinajstić information content (AvgIpc) is 2.66. The molecule has 0 spiro atoms. The lowest BCUT2D eigenvalue weighted by Gasteiger charge is -2.57. The molecule has 4 heteroatoms. The number of rotatable bonds is 5. The number of carbonyl (C=O) groups excluding carboxylic acids is 1. The molecule has 0 atom stereocenters. The summed E-state index contributed by atoms with van der Waals surface area (Å²) in [7, 11) is 0. The third-order valence-corrected chi connectivity index (χ3v) is 7.00. The highest BCUT2D eigenvalue weighted by atomic mass is 16.5. The van der Waals surface area contributed by atoms with E-state index in [0.717, 1.165) is 23.5 Å². The van der Waals surface area contributed by atoms with Gasteiger partial charge in [0.1, 0.15) is 11.5 Å². The predicted octanol–water partition coefficient (Wildman–Crippen LogP) is 4.88. The van der Waals surface area contributed by atoms with Crippen LogP contribution in [0.5, 0.6) is 11.5 Å². The summed E-state index contributed by atoms with van der Waals surface area (Å²) in [4.78, 5) is 12.1. The molecule has 2 aromatic carbocycles. The first-order valence-corrected chi connectivity index (χ1v) is 10.4. The molecule has 4 saturated carbocycles. The van der Waals surface area contributed by atoms with Crippen LogP contribution in [0.2, 0.25) is 0 Å². The number of amides is 1. The Kier molecular flexibility index (Phi) is 4.30. The van der Waals surface area contributed by atoms with Crippen LogP contribution in [0.3, 0.4) is 0 Å². The van der Waals surface area contributed by atoms with Crippen LogP contribution in [-0.4, -0.2) is 17.6 Å². The number of aromatic hydroxyl groups is 1. The van der Waals surface area contributed by atoms with Gasteiger partial charge in [-0.2, -0.15) is 0 Å². The van der Waals surface area contributed by atoms with Gasteiger partial charge in [-0.3, -0.25) is 4.79 Å². The lowest BCUT2D eigenvalue weighted by atomic mass is 9.48. The number of benzene rings is 2. The predicted molar refractivity (Wildman–Crippen MR) is 109 cm³/mol. The highest BCUT2D eigenvalue weighted by molar-refractivity contribution is 5.92. The molecule has 28 heavy (non-hydrogen) atoms. The molecule has 0 unspecified atom stereocenters. The number of phenolic OH excluding ortho intramolecular Hbond substituents is 1. The van der Waals surface area contributed by atoms with Crippen LogP contribution in [0.1, 0.15) is 44.1 Å². The highest BCUT2D eigenvalue weighted by Gasteiger charge is 2.51. The van der Waals surface area contributed by atoms with E-state index in [1.807, 2.05) is 12.1 Å². The molecule has 6 rings (SSSR count). The van der Waals surface area contributed by atoms with Gasteiger partial charge in [0.25, 0.3) is 5.91 Å². The van der Waals surface area contributed by atoms with Gasteiger partial charge in [-0.05, 0) is 91.5 Å². The molecule has 0 saturated heterocycles. The van der Waals surface area contributed by atoms with Crippen molar-refractivity contribution in [1.82, 2.24) is 0 Å². The normalized spacial score (nSPS) is 30.2. The van der Waals surface area contributed by atoms with Crippen molar-refractivity contribution in [3.05, 3.63) is 54.1 Å². The van der Waals surface area contributed by atoms with Crippen LogP contribution in [-0.2, 0) is 10.2 Å². The first-order chi connectivity index (χ1) is 13.6. The summed E-state index contributed by atoms with van der Waals surface area (Å²) >= 11 is 0. The maximum Gasteiger partial charge on any atom is 0.262 e.